The van der Waals surface area contributed by atoms with Gasteiger partial charge in [-0.3, -0.25) is 14.2 Å². The van der Waals surface area contributed by atoms with Crippen molar-refractivity contribution in [2.24, 2.45) is 0 Å². The van der Waals surface area contributed by atoms with E-state index in [2.05, 4.69) is 5.32 Å². The van der Waals surface area contributed by atoms with Crippen molar-refractivity contribution in [2.75, 3.05) is 23.7 Å². The average Bonchev–Trinajstić information content (AvgIpc) is 3.24. The van der Waals surface area contributed by atoms with Crippen LogP contribution in [0.4, 0.5) is 28.9 Å². The van der Waals surface area contributed by atoms with Gasteiger partial charge in [0.25, 0.3) is 11.5 Å². The molecule has 2 atom stereocenters. The molecule has 1 fully saturated rings. The number of nitrogens with two attached hydrogens (primary N) is 1. The fraction of sp³-hybridized carbons (Fsp3) is 0.280. The van der Waals surface area contributed by atoms with E-state index in [1.54, 1.807) is 25.1 Å². The van der Waals surface area contributed by atoms with Crippen LogP contribution in [0.2, 0.25) is 0 Å². The lowest BCUT2D eigenvalue weighted by atomic mass is 10.0. The zero-order valence-corrected chi connectivity index (χ0v) is 18.8. The Hall–Kier alpha value is -3.82. The summed E-state index contributed by atoms with van der Waals surface area (Å²) in [6.07, 6.45) is -3.66. The Morgan fingerprint density at radius 1 is 1.11 bits per heavy atom. The third-order valence-electron chi connectivity index (χ3n) is 5.93. The molecule has 4 rings (SSSR count). The molecule has 35 heavy (non-hydrogen) atoms. The average molecular weight is 488 g/mol. The van der Waals surface area contributed by atoms with Crippen LogP contribution in [0.25, 0.3) is 5.69 Å². The SMILES string of the molecule is C[C@@H](NC(=O)c1ccc(=O)n(-c2cccc(N3CC[C@H](F)C3)c2)c1)c1cc(N)cc(C(F)(F)F)c1. The van der Waals surface area contributed by atoms with Crippen molar-refractivity contribution in [3.05, 3.63) is 87.8 Å². The molecule has 1 aliphatic heterocycles. The fourth-order valence-electron chi connectivity index (χ4n) is 4.07. The summed E-state index contributed by atoms with van der Waals surface area (Å²) in [5.74, 6) is -0.571. The highest BCUT2D eigenvalue weighted by Gasteiger charge is 2.31. The fourth-order valence-corrected chi connectivity index (χ4v) is 4.07. The molecular formula is C25H24F4N4O2. The highest BCUT2D eigenvalue weighted by molar-refractivity contribution is 5.94. The normalized spacial score (nSPS) is 16.8. The van der Waals surface area contributed by atoms with Gasteiger partial charge in [0.1, 0.15) is 6.17 Å². The summed E-state index contributed by atoms with van der Waals surface area (Å²) in [4.78, 5) is 27.3. The van der Waals surface area contributed by atoms with E-state index in [9.17, 15) is 27.2 Å². The van der Waals surface area contributed by atoms with Crippen LogP contribution >= 0.6 is 0 Å². The van der Waals surface area contributed by atoms with E-state index in [-0.39, 0.29) is 28.9 Å². The van der Waals surface area contributed by atoms with Crippen molar-refractivity contribution in [3.63, 3.8) is 0 Å². The summed E-state index contributed by atoms with van der Waals surface area (Å²) in [5, 5.41) is 2.65. The number of halogens is 4. The number of hydrogen-bond donors (Lipinski definition) is 2. The van der Waals surface area contributed by atoms with Crippen molar-refractivity contribution in [3.8, 4) is 5.69 Å². The summed E-state index contributed by atoms with van der Waals surface area (Å²) in [6, 6.07) is 12.0. The molecule has 10 heteroatoms. The Kier molecular flexibility index (Phi) is 6.56. The molecule has 2 heterocycles. The van der Waals surface area contributed by atoms with Crippen LogP contribution in [0.1, 0.15) is 40.9 Å². The van der Waals surface area contributed by atoms with Gasteiger partial charge in [-0.1, -0.05) is 6.07 Å². The summed E-state index contributed by atoms with van der Waals surface area (Å²) >= 11 is 0. The van der Waals surface area contributed by atoms with Crippen molar-refractivity contribution in [1.29, 1.82) is 0 Å². The van der Waals surface area contributed by atoms with Crippen LogP contribution in [-0.2, 0) is 6.18 Å². The van der Waals surface area contributed by atoms with Gasteiger partial charge in [0.15, 0.2) is 0 Å². The molecule has 1 saturated heterocycles. The number of anilines is 2. The van der Waals surface area contributed by atoms with E-state index in [1.807, 2.05) is 11.0 Å². The Balaban J connectivity index is 1.57. The van der Waals surface area contributed by atoms with Gasteiger partial charge >= 0.3 is 6.18 Å². The third-order valence-corrected chi connectivity index (χ3v) is 5.93. The minimum absolute atomic E-state index is 0.0681. The van der Waals surface area contributed by atoms with E-state index in [0.29, 0.717) is 18.7 Å². The highest BCUT2D eigenvalue weighted by atomic mass is 19.4. The van der Waals surface area contributed by atoms with Gasteiger partial charge in [-0.25, -0.2) is 4.39 Å². The van der Waals surface area contributed by atoms with Crippen LogP contribution in [0.3, 0.4) is 0 Å². The molecule has 1 aromatic heterocycles. The Morgan fingerprint density at radius 3 is 2.54 bits per heavy atom. The quantitative estimate of drug-likeness (QED) is 0.410. The number of amides is 1. The van der Waals surface area contributed by atoms with Gasteiger partial charge in [0.05, 0.1) is 22.9 Å². The predicted octanol–water partition coefficient (Wildman–Crippen LogP) is 4.48. The molecule has 0 aliphatic carbocycles. The first-order valence-electron chi connectivity index (χ1n) is 11.0. The molecule has 2 aromatic carbocycles. The van der Waals surface area contributed by atoms with Gasteiger partial charge in [0, 0.05) is 36.7 Å². The summed E-state index contributed by atoms with van der Waals surface area (Å²) in [5.41, 5.74) is 5.89. The first-order valence-corrected chi connectivity index (χ1v) is 11.0. The standard InChI is InChI=1S/C25H24F4N4O2/c1-15(17-9-18(25(27,28)29)11-20(30)10-17)31-24(35)16-5-6-23(34)33(13-16)22-4-2-3-21(12-22)32-8-7-19(26)14-32/h2-6,9-13,15,19H,7-8,14,30H2,1H3,(H,31,35)/t15-,19+/m1/s1. The molecule has 3 N–H and O–H groups in total. The number of nitrogen functional groups attached to an aromatic ring is 1. The van der Waals surface area contributed by atoms with Crippen LogP contribution in [0.15, 0.2) is 65.6 Å². The molecular weight excluding hydrogens is 464 g/mol. The maximum absolute atomic E-state index is 13.6. The maximum atomic E-state index is 13.6. The first-order chi connectivity index (χ1) is 16.5. The van der Waals surface area contributed by atoms with Gasteiger partial charge < -0.3 is 16.0 Å². The number of pyridine rings is 1. The minimum atomic E-state index is -4.57. The van der Waals surface area contributed by atoms with Gasteiger partial charge in [-0.2, -0.15) is 13.2 Å². The number of alkyl halides is 4. The monoisotopic (exact) mass is 488 g/mol. The number of carbonyl (C=O) groups excluding carboxylic acids is 1. The second kappa shape index (κ2) is 9.44. The zero-order chi connectivity index (χ0) is 25.3. The van der Waals surface area contributed by atoms with E-state index < -0.39 is 29.9 Å². The van der Waals surface area contributed by atoms with Crippen LogP contribution in [0.5, 0.6) is 0 Å². The first kappa shape index (κ1) is 24.3. The Labute approximate surface area is 199 Å². The van der Waals surface area contributed by atoms with Gasteiger partial charge in [-0.15, -0.1) is 0 Å². The summed E-state index contributed by atoms with van der Waals surface area (Å²) < 4.78 is 54.3. The minimum Gasteiger partial charge on any atom is -0.399 e. The number of carbonyl (C=O) groups is 1. The molecule has 6 nitrogen and oxygen atoms in total. The molecule has 184 valence electrons. The van der Waals surface area contributed by atoms with E-state index in [0.717, 1.165) is 17.8 Å². The Morgan fingerprint density at radius 2 is 1.86 bits per heavy atom. The molecule has 1 aliphatic rings. The second-order valence-corrected chi connectivity index (χ2v) is 8.56. The van der Waals surface area contributed by atoms with Crippen LogP contribution < -0.4 is 21.5 Å². The predicted molar refractivity (Wildman–Crippen MR) is 126 cm³/mol. The summed E-state index contributed by atoms with van der Waals surface area (Å²) in [6.45, 7) is 2.39. The third kappa shape index (κ3) is 5.47. The van der Waals surface area contributed by atoms with Crippen molar-refractivity contribution < 1.29 is 22.4 Å². The molecule has 0 saturated carbocycles. The van der Waals surface area contributed by atoms with Crippen molar-refractivity contribution in [2.45, 2.75) is 31.7 Å². The Bertz CT molecular complexity index is 1310. The number of aromatic nitrogens is 1. The second-order valence-electron chi connectivity index (χ2n) is 8.56. The maximum Gasteiger partial charge on any atom is 0.416 e. The number of hydrogen-bond acceptors (Lipinski definition) is 4. The van der Waals surface area contributed by atoms with Crippen LogP contribution in [-0.4, -0.2) is 29.7 Å². The van der Waals surface area contributed by atoms with Gasteiger partial charge in [-0.05, 0) is 61.4 Å². The molecule has 0 bridgehead atoms. The van der Waals surface area contributed by atoms with E-state index in [4.69, 9.17) is 5.73 Å². The lowest BCUT2D eigenvalue weighted by Gasteiger charge is -2.19. The topological polar surface area (TPSA) is 80.4 Å². The van der Waals surface area contributed by atoms with E-state index >= 15 is 0 Å². The summed E-state index contributed by atoms with van der Waals surface area (Å²) in [7, 11) is 0. The van der Waals surface area contributed by atoms with E-state index in [1.165, 1.54) is 29.0 Å². The molecule has 3 aromatic rings. The van der Waals surface area contributed by atoms with Gasteiger partial charge in [0.2, 0.25) is 0 Å². The number of rotatable bonds is 5. The van der Waals surface area contributed by atoms with Crippen LogP contribution in [0, 0.1) is 0 Å². The van der Waals surface area contributed by atoms with Crippen molar-refractivity contribution in [1.82, 2.24) is 9.88 Å². The molecule has 1 amide bonds. The molecule has 0 unspecified atom stereocenters. The highest BCUT2D eigenvalue weighted by Crippen LogP contribution is 2.32. The number of benzene rings is 2. The molecule has 0 spiro atoms. The molecule has 0 radical (unpaired) electrons. The number of nitrogens with zero attached hydrogens (tertiary/aromatic N) is 2. The largest absolute Gasteiger partial charge is 0.416 e. The number of nitrogens with one attached hydrogen (secondary N) is 1. The smallest absolute Gasteiger partial charge is 0.399 e. The zero-order valence-electron chi connectivity index (χ0n) is 18.8. The lowest BCUT2D eigenvalue weighted by molar-refractivity contribution is -0.137. The van der Waals surface area contributed by atoms with Crippen molar-refractivity contribution >= 4 is 17.3 Å². The lowest BCUT2D eigenvalue weighted by Crippen LogP contribution is -2.29.